The zero-order chi connectivity index (χ0) is 25.8. The van der Waals surface area contributed by atoms with Crippen LogP contribution >= 0.6 is 0 Å². The maximum Gasteiger partial charge on any atom is 0.387 e. The summed E-state index contributed by atoms with van der Waals surface area (Å²) in [5.41, 5.74) is 5.75. The lowest BCUT2D eigenvalue weighted by atomic mass is 9.76. The number of aryl methyl sites for hydroxylation is 1. The number of amidine groups is 1. The number of nitrogens with one attached hydrogen (secondary N) is 1. The molecule has 3 heterocycles. The van der Waals surface area contributed by atoms with Gasteiger partial charge in [-0.05, 0) is 57.9 Å². The summed E-state index contributed by atoms with van der Waals surface area (Å²) in [6.45, 7) is 4.14. The van der Waals surface area contributed by atoms with Crippen molar-refractivity contribution in [1.82, 2.24) is 10.3 Å². The first kappa shape index (κ1) is 25.2. The molecule has 8 nitrogen and oxygen atoms in total. The van der Waals surface area contributed by atoms with Crippen molar-refractivity contribution in [3.8, 4) is 5.75 Å². The van der Waals surface area contributed by atoms with Gasteiger partial charge in [-0.1, -0.05) is 6.08 Å². The van der Waals surface area contributed by atoms with Crippen LogP contribution in [-0.2, 0) is 9.73 Å². The smallest absolute Gasteiger partial charge is 0.387 e. The van der Waals surface area contributed by atoms with Crippen molar-refractivity contribution in [3.63, 3.8) is 0 Å². The molecule has 2 aliphatic heterocycles. The first-order chi connectivity index (χ1) is 16.3. The van der Waals surface area contributed by atoms with Crippen LogP contribution in [0.5, 0.6) is 5.75 Å². The molecular weight excluding hydrogens is 483 g/mol. The predicted molar refractivity (Wildman–Crippen MR) is 127 cm³/mol. The van der Waals surface area contributed by atoms with Gasteiger partial charge in [-0.2, -0.15) is 8.78 Å². The molecule has 12 heteroatoms. The van der Waals surface area contributed by atoms with Gasteiger partial charge in [0.15, 0.2) is 0 Å². The molecule has 0 saturated carbocycles. The second-order valence-electron chi connectivity index (χ2n) is 9.55. The molecule has 1 aromatic heterocycles. The molecule has 0 aromatic carbocycles. The second kappa shape index (κ2) is 8.65. The second-order valence-corrected chi connectivity index (χ2v) is 12.5. The fourth-order valence-electron chi connectivity index (χ4n) is 4.97. The summed E-state index contributed by atoms with van der Waals surface area (Å²) in [4.78, 5) is 21.5. The highest BCUT2D eigenvalue weighted by atomic mass is 32.2. The quantitative estimate of drug-likeness (QED) is 0.629. The summed E-state index contributed by atoms with van der Waals surface area (Å²) in [7, 11) is -2.82. The van der Waals surface area contributed by atoms with E-state index in [1.165, 1.54) is 25.1 Å². The lowest BCUT2D eigenvalue weighted by Gasteiger charge is -2.48. The van der Waals surface area contributed by atoms with E-state index < -0.39 is 49.9 Å². The summed E-state index contributed by atoms with van der Waals surface area (Å²) >= 11 is 0. The third-order valence-electron chi connectivity index (χ3n) is 7.01. The number of nitrogens with zero attached hydrogens (tertiary/aromatic N) is 3. The number of nitrogens with two attached hydrogens (primary N) is 1. The fraction of sp³-hybridized carbons (Fsp3) is 0.522. The number of amides is 1. The van der Waals surface area contributed by atoms with Crippen LogP contribution in [0.1, 0.15) is 43.2 Å². The Bertz CT molecular complexity index is 1270. The van der Waals surface area contributed by atoms with Crippen molar-refractivity contribution in [3.05, 3.63) is 47.4 Å². The number of hydrogen-bond donors (Lipinski definition) is 2. The molecule has 0 fully saturated rings. The SMILES string of the molecule is Cc1cc(OC(F)F)cnc1C(=O)NC1=CC([C@@]2(C)N=C(N)C(C)(C)[S@@]3(=O)=NCC[C@@H]23)C(F)C=C1. The van der Waals surface area contributed by atoms with Gasteiger partial charge in [-0.15, -0.1) is 0 Å². The van der Waals surface area contributed by atoms with Crippen LogP contribution in [0.25, 0.3) is 0 Å². The first-order valence-electron chi connectivity index (χ1n) is 11.1. The minimum Gasteiger partial charge on any atom is -0.433 e. The minimum atomic E-state index is -3.01. The van der Waals surface area contributed by atoms with Crippen molar-refractivity contribution in [2.45, 2.75) is 62.4 Å². The van der Waals surface area contributed by atoms with Crippen LogP contribution in [0.4, 0.5) is 13.2 Å². The molecule has 2 unspecified atom stereocenters. The van der Waals surface area contributed by atoms with Gasteiger partial charge in [0, 0.05) is 18.2 Å². The highest BCUT2D eigenvalue weighted by Gasteiger charge is 2.59. The molecule has 1 amide bonds. The Kier molecular flexibility index (Phi) is 6.23. The minimum absolute atomic E-state index is 0.00495. The topological polar surface area (TPSA) is 119 Å². The van der Waals surface area contributed by atoms with Crippen molar-refractivity contribution >= 4 is 21.5 Å². The molecule has 1 aliphatic carbocycles. The number of ether oxygens (including phenoxy) is 1. The number of pyridine rings is 1. The summed E-state index contributed by atoms with van der Waals surface area (Å²) in [5, 5.41) is 2.17. The largest absolute Gasteiger partial charge is 0.433 e. The van der Waals surface area contributed by atoms with Crippen LogP contribution < -0.4 is 15.8 Å². The van der Waals surface area contributed by atoms with E-state index in [1.54, 1.807) is 26.8 Å². The van der Waals surface area contributed by atoms with Crippen molar-refractivity contribution in [1.29, 1.82) is 0 Å². The molecule has 0 radical (unpaired) electrons. The molecule has 1 aromatic rings. The summed E-state index contributed by atoms with van der Waals surface area (Å²) in [6.07, 6.45) is 4.37. The molecule has 0 bridgehead atoms. The van der Waals surface area contributed by atoms with Gasteiger partial charge >= 0.3 is 6.61 Å². The van der Waals surface area contributed by atoms with E-state index in [0.717, 1.165) is 6.20 Å². The highest BCUT2D eigenvalue weighted by Crippen LogP contribution is 2.48. The Balaban J connectivity index is 1.64. The van der Waals surface area contributed by atoms with E-state index in [1.807, 2.05) is 0 Å². The molecule has 5 atom stereocenters. The molecule has 4 rings (SSSR count). The zero-order valence-corrected chi connectivity index (χ0v) is 20.6. The van der Waals surface area contributed by atoms with Crippen LogP contribution in [0, 0.1) is 12.8 Å². The number of allylic oxidation sites excluding steroid dienone is 2. The van der Waals surface area contributed by atoms with E-state index in [-0.39, 0.29) is 17.3 Å². The Morgan fingerprint density at radius 2 is 2.06 bits per heavy atom. The third kappa shape index (κ3) is 4.11. The standard InChI is InChI=1S/C23H28F3N5O3S/c1-12-9-14(34-21(25)26)11-28-18(12)19(32)30-13-5-6-16(24)15(10-13)23(4)17-7-8-29-35(17,33)22(2,3)20(27)31-23/h5-6,9-11,15-17,21H,7-8H2,1-4H3,(H2,27,31)(H,30,32)/t15?,16?,17-,23+,35+/m0/s1. The van der Waals surface area contributed by atoms with Gasteiger partial charge in [0.2, 0.25) is 0 Å². The van der Waals surface area contributed by atoms with Crippen LogP contribution in [-0.4, -0.2) is 55.8 Å². The third-order valence-corrected chi connectivity index (χ3v) is 10.7. The average molecular weight is 512 g/mol. The summed E-state index contributed by atoms with van der Waals surface area (Å²) in [5.74, 6) is -1.46. The van der Waals surface area contributed by atoms with Gasteiger partial charge in [0.1, 0.15) is 28.2 Å². The molecule has 0 saturated heterocycles. The van der Waals surface area contributed by atoms with E-state index >= 15 is 4.39 Å². The number of fused-ring (bicyclic) bond motifs is 1. The van der Waals surface area contributed by atoms with Crippen molar-refractivity contribution in [2.75, 3.05) is 6.54 Å². The average Bonchev–Trinajstić information content (AvgIpc) is 3.18. The maximum atomic E-state index is 15.3. The Morgan fingerprint density at radius 3 is 2.71 bits per heavy atom. The van der Waals surface area contributed by atoms with E-state index in [0.29, 0.717) is 24.2 Å². The van der Waals surface area contributed by atoms with Gasteiger partial charge in [-0.25, -0.2) is 17.9 Å². The zero-order valence-electron chi connectivity index (χ0n) is 19.8. The van der Waals surface area contributed by atoms with E-state index in [4.69, 9.17) is 5.73 Å². The van der Waals surface area contributed by atoms with Crippen LogP contribution in [0.3, 0.4) is 0 Å². The number of aliphatic imine (C=N–C) groups is 1. The number of halogens is 3. The van der Waals surface area contributed by atoms with Crippen LogP contribution in [0.15, 0.2) is 45.5 Å². The number of aromatic nitrogens is 1. The lowest BCUT2D eigenvalue weighted by molar-refractivity contribution is -0.0501. The first-order valence-corrected chi connectivity index (χ1v) is 12.7. The number of hydrogen-bond acceptors (Lipinski definition) is 7. The van der Waals surface area contributed by atoms with Crippen LogP contribution in [0.2, 0.25) is 0 Å². The normalized spacial score (nSPS) is 33.4. The molecule has 3 N–H and O–H groups in total. The highest BCUT2D eigenvalue weighted by molar-refractivity contribution is 7.96. The van der Waals surface area contributed by atoms with Gasteiger partial charge in [0.05, 0.1) is 26.7 Å². The number of rotatable bonds is 5. The number of carbonyl (C=O) groups excluding carboxylic acids is 1. The predicted octanol–water partition coefficient (Wildman–Crippen LogP) is 3.28. The van der Waals surface area contributed by atoms with Crippen molar-refractivity contribution in [2.24, 2.45) is 21.0 Å². The molecule has 3 aliphatic rings. The number of carbonyl (C=O) groups is 1. The molecule has 0 spiro atoms. The Morgan fingerprint density at radius 1 is 1.34 bits per heavy atom. The number of alkyl halides is 3. The molecule has 190 valence electrons. The van der Waals surface area contributed by atoms with Gasteiger partial charge in [-0.3, -0.25) is 9.79 Å². The summed E-state index contributed by atoms with van der Waals surface area (Å²) in [6, 6.07) is 1.28. The van der Waals surface area contributed by atoms with E-state index in [2.05, 4.69) is 24.4 Å². The monoisotopic (exact) mass is 511 g/mol. The maximum absolute atomic E-state index is 15.3. The molecule has 35 heavy (non-hydrogen) atoms. The summed E-state index contributed by atoms with van der Waals surface area (Å²) < 4.78 is 61.9. The van der Waals surface area contributed by atoms with Gasteiger partial charge in [0.25, 0.3) is 5.91 Å². The van der Waals surface area contributed by atoms with Crippen molar-refractivity contribution < 1.29 is 26.9 Å². The molecular formula is C23H28F3N5O3S. The Labute approximate surface area is 202 Å². The Hall–Kier alpha value is -2.89. The van der Waals surface area contributed by atoms with E-state index in [9.17, 15) is 17.8 Å². The fourth-order valence-corrected chi connectivity index (χ4v) is 8.19. The lowest BCUT2D eigenvalue weighted by Crippen LogP contribution is -2.62. The van der Waals surface area contributed by atoms with Gasteiger partial charge < -0.3 is 15.8 Å².